The van der Waals surface area contributed by atoms with Gasteiger partial charge < -0.3 is 9.15 Å². The number of para-hydroxylation sites is 1. The fraction of sp³-hybridized carbons (Fsp3) is 0.0800. The van der Waals surface area contributed by atoms with Gasteiger partial charge in [0.1, 0.15) is 12.1 Å². The number of rotatable bonds is 3. The van der Waals surface area contributed by atoms with Gasteiger partial charge in [-0.2, -0.15) is 5.10 Å². The summed E-state index contributed by atoms with van der Waals surface area (Å²) in [5.74, 6) is 2.06. The number of benzene rings is 1. The Kier molecular flexibility index (Phi) is 3.92. The predicted octanol–water partition coefficient (Wildman–Crippen LogP) is 4.56. The number of furan rings is 1. The Labute approximate surface area is 193 Å². The molecule has 5 aromatic heterocycles. The summed E-state index contributed by atoms with van der Waals surface area (Å²) in [5, 5.41) is 9.44. The van der Waals surface area contributed by atoms with Gasteiger partial charge >= 0.3 is 0 Å². The zero-order valence-electron chi connectivity index (χ0n) is 18.0. The van der Waals surface area contributed by atoms with Crippen molar-refractivity contribution < 1.29 is 9.15 Å². The topological polar surface area (TPSA) is 96.2 Å². The van der Waals surface area contributed by atoms with Gasteiger partial charge in [-0.3, -0.25) is 4.98 Å². The van der Waals surface area contributed by atoms with Crippen LogP contribution >= 0.6 is 0 Å². The molecule has 9 heteroatoms. The van der Waals surface area contributed by atoms with Gasteiger partial charge in [0, 0.05) is 18.0 Å². The molecular formula is C25H17N7O2. The fourth-order valence-electron chi connectivity index (χ4n) is 4.48. The van der Waals surface area contributed by atoms with E-state index in [0.29, 0.717) is 23.2 Å². The first kappa shape index (κ1) is 18.8. The smallest absolute Gasteiger partial charge is 0.230 e. The number of pyridine rings is 1. The van der Waals surface area contributed by atoms with Crippen molar-refractivity contribution in [3.63, 3.8) is 0 Å². The molecule has 0 saturated carbocycles. The summed E-state index contributed by atoms with van der Waals surface area (Å²) < 4.78 is 15.8. The summed E-state index contributed by atoms with van der Waals surface area (Å²) in [4.78, 5) is 13.6. The lowest BCUT2D eigenvalue weighted by molar-refractivity contribution is 0.392. The van der Waals surface area contributed by atoms with Gasteiger partial charge in [-0.25, -0.2) is 19.2 Å². The zero-order valence-corrected chi connectivity index (χ0v) is 18.0. The lowest BCUT2D eigenvalue weighted by Gasteiger charge is -2.24. The van der Waals surface area contributed by atoms with E-state index in [2.05, 4.69) is 15.1 Å². The molecule has 7 rings (SSSR count). The maximum Gasteiger partial charge on any atom is 0.230 e. The van der Waals surface area contributed by atoms with Crippen molar-refractivity contribution in [3.05, 3.63) is 102 Å². The van der Waals surface area contributed by atoms with E-state index < -0.39 is 0 Å². The van der Waals surface area contributed by atoms with E-state index in [4.69, 9.17) is 19.2 Å². The van der Waals surface area contributed by atoms with Crippen molar-refractivity contribution in [1.82, 2.24) is 34.3 Å². The molecule has 1 aliphatic heterocycles. The lowest BCUT2D eigenvalue weighted by Crippen LogP contribution is -2.15. The number of fused-ring (bicyclic) bond motifs is 4. The Morgan fingerprint density at radius 1 is 0.941 bits per heavy atom. The Bertz CT molecular complexity index is 1640. The molecule has 0 radical (unpaired) electrons. The van der Waals surface area contributed by atoms with Crippen LogP contribution in [0.25, 0.3) is 22.7 Å². The van der Waals surface area contributed by atoms with Crippen molar-refractivity contribution in [3.8, 4) is 28.8 Å². The van der Waals surface area contributed by atoms with Gasteiger partial charge in [0.2, 0.25) is 11.8 Å². The largest absolute Gasteiger partial charge is 0.468 e. The number of aryl methyl sites for hydroxylation is 1. The van der Waals surface area contributed by atoms with E-state index in [-0.39, 0.29) is 5.92 Å². The quantitative estimate of drug-likeness (QED) is 0.392. The first-order valence-electron chi connectivity index (χ1n) is 10.8. The van der Waals surface area contributed by atoms with Crippen LogP contribution < -0.4 is 4.74 Å². The van der Waals surface area contributed by atoms with Gasteiger partial charge in [0.05, 0.1) is 34.7 Å². The van der Waals surface area contributed by atoms with E-state index in [1.54, 1.807) is 34.2 Å². The highest BCUT2D eigenvalue weighted by atomic mass is 16.5. The first-order chi connectivity index (χ1) is 16.8. The Hall–Kier alpha value is -4.79. The molecule has 0 bridgehead atoms. The van der Waals surface area contributed by atoms with Gasteiger partial charge in [0.25, 0.3) is 0 Å². The summed E-state index contributed by atoms with van der Waals surface area (Å²) in [7, 11) is 0. The molecular weight excluding hydrogens is 430 g/mol. The zero-order chi connectivity index (χ0) is 22.6. The van der Waals surface area contributed by atoms with E-state index in [0.717, 1.165) is 33.8 Å². The van der Waals surface area contributed by atoms with Crippen molar-refractivity contribution in [2.24, 2.45) is 0 Å². The molecule has 6 heterocycles. The molecule has 0 saturated heterocycles. The summed E-state index contributed by atoms with van der Waals surface area (Å²) in [6, 6.07) is 17.5. The van der Waals surface area contributed by atoms with Crippen LogP contribution in [0.1, 0.15) is 28.5 Å². The molecule has 164 valence electrons. The van der Waals surface area contributed by atoms with Crippen LogP contribution in [0, 0.1) is 6.92 Å². The van der Waals surface area contributed by atoms with Gasteiger partial charge in [-0.1, -0.05) is 18.2 Å². The normalized spacial score (nSPS) is 14.6. The number of ether oxygens (including phenoxy) is 1. The Morgan fingerprint density at radius 2 is 1.85 bits per heavy atom. The van der Waals surface area contributed by atoms with E-state index in [1.165, 1.54) is 0 Å². The monoisotopic (exact) mass is 447 g/mol. The molecule has 1 aromatic carbocycles. The second-order valence-corrected chi connectivity index (χ2v) is 8.01. The van der Waals surface area contributed by atoms with Crippen molar-refractivity contribution in [2.75, 3.05) is 0 Å². The standard InChI is InChI=1S/C25H17N7O2/c1-15-19-20(18-10-6-12-33-18)21-23-28-22(16-7-5-11-26-13-16)30-31(23)14-27-24(21)34-25(19)32(29-15)17-8-3-2-4-9-17/h2-14,20H,1H3/t20-/m1/s1. The number of aromatic nitrogens is 7. The highest BCUT2D eigenvalue weighted by molar-refractivity contribution is 5.67. The number of hydrogen-bond donors (Lipinski definition) is 0. The molecule has 1 atom stereocenters. The second kappa shape index (κ2) is 7.11. The van der Waals surface area contributed by atoms with E-state index in [9.17, 15) is 0 Å². The number of hydrogen-bond acceptors (Lipinski definition) is 7. The third kappa shape index (κ3) is 2.70. The second-order valence-electron chi connectivity index (χ2n) is 8.01. The van der Waals surface area contributed by atoms with Crippen molar-refractivity contribution >= 4 is 5.65 Å². The highest BCUT2D eigenvalue weighted by Gasteiger charge is 2.39. The molecule has 6 aromatic rings. The third-order valence-corrected chi connectivity index (χ3v) is 5.97. The fourth-order valence-corrected chi connectivity index (χ4v) is 4.48. The van der Waals surface area contributed by atoms with E-state index in [1.807, 2.05) is 61.5 Å². The third-order valence-electron chi connectivity index (χ3n) is 5.97. The van der Waals surface area contributed by atoms with Gasteiger partial charge in [-0.05, 0) is 43.3 Å². The first-order valence-corrected chi connectivity index (χ1v) is 10.8. The summed E-state index contributed by atoms with van der Waals surface area (Å²) in [6.45, 7) is 1.97. The Morgan fingerprint density at radius 3 is 2.65 bits per heavy atom. The lowest BCUT2D eigenvalue weighted by atomic mass is 9.88. The molecule has 1 aliphatic rings. The van der Waals surface area contributed by atoms with Crippen LogP contribution in [0.4, 0.5) is 0 Å². The molecule has 0 amide bonds. The van der Waals surface area contributed by atoms with Crippen molar-refractivity contribution in [2.45, 2.75) is 12.8 Å². The minimum absolute atomic E-state index is 0.312. The predicted molar refractivity (Wildman–Crippen MR) is 122 cm³/mol. The molecule has 34 heavy (non-hydrogen) atoms. The average Bonchev–Trinajstić information content (AvgIpc) is 3.63. The molecule has 0 aliphatic carbocycles. The SMILES string of the molecule is Cc1nn(-c2ccccc2)c2c1[C@@H](c1ccco1)c1c(ncn3nc(-c4cccnc4)nc13)O2. The number of nitrogens with zero attached hydrogens (tertiary/aromatic N) is 7. The average molecular weight is 447 g/mol. The summed E-state index contributed by atoms with van der Waals surface area (Å²) >= 11 is 0. The van der Waals surface area contributed by atoms with E-state index >= 15 is 0 Å². The van der Waals surface area contributed by atoms with Gasteiger partial charge in [0.15, 0.2) is 11.5 Å². The van der Waals surface area contributed by atoms with Crippen LogP contribution in [0.2, 0.25) is 0 Å². The van der Waals surface area contributed by atoms with Gasteiger partial charge in [-0.15, -0.1) is 5.10 Å². The molecule has 0 unspecified atom stereocenters. The minimum Gasteiger partial charge on any atom is -0.468 e. The summed E-state index contributed by atoms with van der Waals surface area (Å²) in [5.41, 5.74) is 4.88. The molecule has 0 N–H and O–H groups in total. The summed E-state index contributed by atoms with van der Waals surface area (Å²) in [6.07, 6.45) is 6.74. The minimum atomic E-state index is -0.312. The molecule has 0 fully saturated rings. The van der Waals surface area contributed by atoms with Crippen LogP contribution in [0.5, 0.6) is 11.8 Å². The molecule has 0 spiro atoms. The highest BCUT2D eigenvalue weighted by Crippen LogP contribution is 2.49. The van der Waals surface area contributed by atoms with Crippen LogP contribution in [-0.2, 0) is 0 Å². The molecule has 9 nitrogen and oxygen atoms in total. The van der Waals surface area contributed by atoms with Crippen LogP contribution in [-0.4, -0.2) is 34.3 Å². The van der Waals surface area contributed by atoms with Crippen molar-refractivity contribution in [1.29, 1.82) is 0 Å². The maximum absolute atomic E-state index is 6.39. The van der Waals surface area contributed by atoms with Crippen LogP contribution in [0.3, 0.4) is 0 Å². The maximum atomic E-state index is 6.39. The Balaban J connectivity index is 1.49. The van der Waals surface area contributed by atoms with Crippen LogP contribution in [0.15, 0.2) is 84.0 Å².